The molecule has 148 valence electrons. The number of rotatable bonds is 4. The topological polar surface area (TPSA) is 24.7 Å². The van der Waals surface area contributed by atoms with Gasteiger partial charge in [-0.15, -0.1) is 11.3 Å². The largest absolute Gasteiger partial charge is 0.725 e. The fraction of sp³-hybridized carbons (Fsp3) is 0.211. The molecule has 0 saturated carbocycles. The average molecular weight is 422 g/mol. The van der Waals surface area contributed by atoms with Gasteiger partial charge >= 0.3 is 7.11 Å². The maximum absolute atomic E-state index is 13.9. The van der Waals surface area contributed by atoms with E-state index >= 15 is 0 Å². The van der Waals surface area contributed by atoms with E-state index in [0.29, 0.717) is 0 Å². The summed E-state index contributed by atoms with van der Waals surface area (Å²) >= 11 is 3.12. The highest BCUT2D eigenvalue weighted by Gasteiger charge is 2.36. The minimum Gasteiger partial charge on any atom is -0.627 e. The summed E-state index contributed by atoms with van der Waals surface area (Å²) in [6.07, 6.45) is 12.0. The second-order valence-electron chi connectivity index (χ2n) is 6.53. The maximum atomic E-state index is 13.9. The molecule has 0 unspecified atom stereocenters. The lowest BCUT2D eigenvalue weighted by atomic mass is 10.1. The highest BCUT2D eigenvalue weighted by Crippen LogP contribution is 2.31. The Morgan fingerprint density at radius 1 is 1.07 bits per heavy atom. The third-order valence-corrected chi connectivity index (χ3v) is 6.20. The molecule has 0 radical (unpaired) electrons. The van der Waals surface area contributed by atoms with Gasteiger partial charge in [-0.3, -0.25) is 0 Å². The molecule has 4 nitrogen and oxygen atoms in total. The molecule has 1 aromatic rings. The van der Waals surface area contributed by atoms with Crippen molar-refractivity contribution in [3.63, 3.8) is 0 Å². The summed E-state index contributed by atoms with van der Waals surface area (Å²) in [4.78, 5) is 3.89. The Morgan fingerprint density at radius 3 is 2.50 bits per heavy atom. The van der Waals surface area contributed by atoms with Gasteiger partial charge in [-0.2, -0.15) is 0 Å². The third kappa shape index (κ3) is 5.39. The molecule has 1 aromatic heterocycles. The van der Waals surface area contributed by atoms with Crippen LogP contribution in [0.1, 0.15) is 4.88 Å². The molecule has 0 saturated heterocycles. The number of allylic oxidation sites excluding steroid dienone is 5. The Kier molecular flexibility index (Phi) is 6.15. The molecule has 0 aliphatic carbocycles. The van der Waals surface area contributed by atoms with Crippen molar-refractivity contribution >= 4 is 46.3 Å². The summed E-state index contributed by atoms with van der Waals surface area (Å²) in [7, 11) is 3.42. The van der Waals surface area contributed by atoms with Crippen LogP contribution >= 0.6 is 23.1 Å². The molecular formula is C19H21BF2N2O2S2. The van der Waals surface area contributed by atoms with Gasteiger partial charge in [-0.25, -0.2) is 4.58 Å². The smallest absolute Gasteiger partial charge is 0.627 e. The predicted molar refractivity (Wildman–Crippen MR) is 116 cm³/mol. The van der Waals surface area contributed by atoms with Crippen molar-refractivity contribution in [3.8, 4) is 0 Å². The molecule has 2 aliphatic rings. The molecule has 0 amide bonds. The first kappa shape index (κ1) is 20.5. The van der Waals surface area contributed by atoms with E-state index in [1.165, 1.54) is 18.2 Å². The van der Waals surface area contributed by atoms with Crippen molar-refractivity contribution < 1.29 is 22.5 Å². The summed E-state index contributed by atoms with van der Waals surface area (Å²) < 4.78 is 39.1. The average Bonchev–Trinajstić information content (AvgIpc) is 3.26. The number of anilines is 1. The monoisotopic (exact) mass is 422 g/mol. The summed E-state index contributed by atoms with van der Waals surface area (Å²) in [5.41, 5.74) is 0. The van der Waals surface area contributed by atoms with Crippen molar-refractivity contribution in [3.05, 3.63) is 69.9 Å². The van der Waals surface area contributed by atoms with Crippen LogP contribution in [0.25, 0.3) is 6.08 Å². The van der Waals surface area contributed by atoms with Gasteiger partial charge in [0.05, 0.1) is 16.5 Å². The molecule has 0 bridgehead atoms. The van der Waals surface area contributed by atoms with Crippen LogP contribution in [0, 0.1) is 0 Å². The Labute approximate surface area is 171 Å². The molecule has 0 fully saturated rings. The molecule has 0 N–H and O–H groups in total. The predicted octanol–water partition coefficient (Wildman–Crippen LogP) is 4.87. The van der Waals surface area contributed by atoms with E-state index in [1.807, 2.05) is 62.0 Å². The van der Waals surface area contributed by atoms with Crippen molar-refractivity contribution in [1.82, 2.24) is 0 Å². The van der Waals surface area contributed by atoms with E-state index in [2.05, 4.69) is 9.31 Å². The second-order valence-corrected chi connectivity index (χ2v) is 8.71. The van der Waals surface area contributed by atoms with Gasteiger partial charge in [-0.05, 0) is 54.3 Å². The van der Waals surface area contributed by atoms with Gasteiger partial charge in [-0.1, -0.05) is 0 Å². The summed E-state index contributed by atoms with van der Waals surface area (Å²) in [5.74, 6) is 0.131. The summed E-state index contributed by atoms with van der Waals surface area (Å²) in [6, 6.07) is 3.91. The van der Waals surface area contributed by atoms with Crippen LogP contribution < -0.4 is 4.90 Å². The molecule has 3 rings (SSSR count). The van der Waals surface area contributed by atoms with Crippen molar-refractivity contribution in [2.75, 3.05) is 33.1 Å². The number of hydrogen-bond acceptors (Lipinski definition) is 5. The SMILES string of the molecule is CN(C)c1ccc(/C=C/C2=CC(=C/C=C3/C=CC(=[N+](C)C)S3)/O[B-](F)(F)O2)s1. The van der Waals surface area contributed by atoms with E-state index < -0.39 is 7.11 Å². The molecule has 0 spiro atoms. The molecule has 28 heavy (non-hydrogen) atoms. The Bertz CT molecular complexity index is 939. The van der Waals surface area contributed by atoms with E-state index in [0.717, 1.165) is 19.8 Å². The lowest BCUT2D eigenvalue weighted by Crippen LogP contribution is -2.33. The van der Waals surface area contributed by atoms with Crippen LogP contribution in [0.2, 0.25) is 0 Å². The first-order valence-corrected chi connectivity index (χ1v) is 10.2. The molecule has 0 aromatic carbocycles. The number of thioether (sulfide) groups is 1. The Balaban J connectivity index is 1.77. The van der Waals surface area contributed by atoms with Gasteiger partial charge in [0, 0.05) is 36.0 Å². The zero-order chi connectivity index (χ0) is 20.3. The van der Waals surface area contributed by atoms with Crippen molar-refractivity contribution in [2.45, 2.75) is 0 Å². The first-order chi connectivity index (χ1) is 13.2. The van der Waals surface area contributed by atoms with Gasteiger partial charge in [0.1, 0.15) is 14.1 Å². The zero-order valence-corrected chi connectivity index (χ0v) is 17.7. The fourth-order valence-electron chi connectivity index (χ4n) is 2.40. The maximum Gasteiger partial charge on any atom is 0.725 e. The normalized spacial score (nSPS) is 21.2. The molecule has 3 heterocycles. The molecular weight excluding hydrogens is 401 g/mol. The van der Waals surface area contributed by atoms with Crippen LogP contribution in [0.4, 0.5) is 13.6 Å². The number of thiophene rings is 1. The van der Waals surface area contributed by atoms with Crippen molar-refractivity contribution in [1.29, 1.82) is 0 Å². The zero-order valence-electron chi connectivity index (χ0n) is 16.1. The third-order valence-electron chi connectivity index (χ3n) is 3.76. The van der Waals surface area contributed by atoms with E-state index in [4.69, 9.17) is 0 Å². The molecule has 9 heteroatoms. The van der Waals surface area contributed by atoms with E-state index in [1.54, 1.807) is 35.3 Å². The summed E-state index contributed by atoms with van der Waals surface area (Å²) in [5, 5.41) is 2.17. The number of nitrogens with zero attached hydrogens (tertiary/aromatic N) is 2. The Morgan fingerprint density at radius 2 is 1.86 bits per heavy atom. The van der Waals surface area contributed by atoms with Crippen molar-refractivity contribution in [2.24, 2.45) is 0 Å². The molecule has 2 aliphatic heterocycles. The van der Waals surface area contributed by atoms with Gasteiger partial charge < -0.3 is 22.8 Å². The standard InChI is InChI=1S/C19H21BF2N2O2S2/c1-23(2)18-11-9-16(27-18)7-5-14-13-15(26-20(21,22)25-14)6-8-17-10-12-19(28-17)24(3)4/h5-13H,1-4H3. The number of halogens is 2. The number of hydrogen-bond donors (Lipinski definition) is 0. The van der Waals surface area contributed by atoms with Crippen LogP contribution in [0.5, 0.6) is 0 Å². The summed E-state index contributed by atoms with van der Waals surface area (Å²) in [6.45, 7) is 0. The minimum absolute atomic E-state index is 0.0656. The second kappa shape index (κ2) is 8.40. The highest BCUT2D eigenvalue weighted by molar-refractivity contribution is 8.18. The van der Waals surface area contributed by atoms with E-state index in [9.17, 15) is 8.63 Å². The van der Waals surface area contributed by atoms with Crippen LogP contribution in [-0.4, -0.2) is 44.9 Å². The lowest BCUT2D eigenvalue weighted by molar-refractivity contribution is -0.460. The van der Waals surface area contributed by atoms with Crippen LogP contribution in [-0.2, 0) is 9.31 Å². The fourth-order valence-corrected chi connectivity index (χ4v) is 4.06. The highest BCUT2D eigenvalue weighted by atomic mass is 32.2. The van der Waals surface area contributed by atoms with E-state index in [-0.39, 0.29) is 11.5 Å². The first-order valence-electron chi connectivity index (χ1n) is 8.59. The molecule has 0 atom stereocenters. The van der Waals surface area contributed by atoms with Gasteiger partial charge in [0.2, 0.25) is 5.04 Å². The lowest BCUT2D eigenvalue weighted by Gasteiger charge is -2.33. The van der Waals surface area contributed by atoms with Gasteiger partial charge in [0.25, 0.3) is 0 Å². The quantitative estimate of drug-likeness (QED) is 0.511. The minimum atomic E-state index is -4.39. The van der Waals surface area contributed by atoms with Gasteiger partial charge in [0.15, 0.2) is 0 Å². The Hall–Kier alpha value is -2.26. The van der Waals surface area contributed by atoms with Crippen LogP contribution in [0.15, 0.2) is 65.0 Å². The van der Waals surface area contributed by atoms with Crippen LogP contribution in [0.3, 0.4) is 0 Å².